The van der Waals surface area contributed by atoms with Crippen LogP contribution in [0.25, 0.3) is 0 Å². The Morgan fingerprint density at radius 2 is 1.82 bits per heavy atom. The standard InChI is InChI=1S/C28H29N3O6S/c1-3-36-26-14-11-18(15-27(26)37-4-2)28-23-10-6-9-22(23)24-17-21(12-13-25(24)29-28)38(34,35)30-19-7-5-8-20(16-19)31(32)33/h5-9,11-17,22-23,28-30H,3-4,10H2,1-2H3/t22-,23+,28+/m0/s1. The number of nitrogens with one attached hydrogen (secondary N) is 2. The van der Waals surface area contributed by atoms with Crippen LogP contribution in [0.15, 0.2) is 77.7 Å². The van der Waals surface area contributed by atoms with Crippen LogP contribution < -0.4 is 19.5 Å². The molecule has 38 heavy (non-hydrogen) atoms. The summed E-state index contributed by atoms with van der Waals surface area (Å²) in [4.78, 5) is 10.6. The number of nitro groups is 1. The fourth-order valence-corrected chi connectivity index (χ4v) is 6.31. The molecule has 0 unspecified atom stereocenters. The zero-order valence-corrected chi connectivity index (χ0v) is 21.9. The van der Waals surface area contributed by atoms with Crippen LogP contribution in [0.3, 0.4) is 0 Å². The highest BCUT2D eigenvalue weighted by atomic mass is 32.2. The van der Waals surface area contributed by atoms with E-state index < -0.39 is 14.9 Å². The van der Waals surface area contributed by atoms with E-state index in [9.17, 15) is 18.5 Å². The lowest BCUT2D eigenvalue weighted by Crippen LogP contribution is -2.29. The van der Waals surface area contributed by atoms with Crippen LogP contribution in [0.1, 0.15) is 43.4 Å². The molecule has 198 valence electrons. The second-order valence-corrected chi connectivity index (χ2v) is 10.9. The predicted octanol–water partition coefficient (Wildman–Crippen LogP) is 6.02. The van der Waals surface area contributed by atoms with Gasteiger partial charge in [-0.1, -0.05) is 24.3 Å². The molecule has 1 heterocycles. The fraction of sp³-hybridized carbons (Fsp3) is 0.286. The second kappa shape index (κ2) is 10.4. The van der Waals surface area contributed by atoms with E-state index >= 15 is 0 Å². The van der Waals surface area contributed by atoms with Crippen molar-refractivity contribution in [2.75, 3.05) is 23.3 Å². The van der Waals surface area contributed by atoms with Crippen molar-refractivity contribution in [1.29, 1.82) is 0 Å². The van der Waals surface area contributed by atoms with Crippen molar-refractivity contribution in [1.82, 2.24) is 0 Å². The highest BCUT2D eigenvalue weighted by molar-refractivity contribution is 7.92. The largest absolute Gasteiger partial charge is 0.490 e. The van der Waals surface area contributed by atoms with Crippen LogP contribution in [0.5, 0.6) is 11.5 Å². The Labute approximate surface area is 221 Å². The number of nitrogens with zero attached hydrogens (tertiary/aromatic N) is 1. The van der Waals surface area contributed by atoms with Gasteiger partial charge in [-0.15, -0.1) is 0 Å². The summed E-state index contributed by atoms with van der Waals surface area (Å²) in [6.07, 6.45) is 5.13. The SMILES string of the molecule is CCOc1ccc([C@H]2Nc3ccc(S(=O)(=O)Nc4cccc([N+](=O)[O-])c4)cc3[C@H]3C=CC[C@H]32)cc1OCC. The number of nitro benzene ring substituents is 1. The molecule has 0 fully saturated rings. The number of fused-ring (bicyclic) bond motifs is 3. The van der Waals surface area contributed by atoms with Gasteiger partial charge in [0.2, 0.25) is 0 Å². The smallest absolute Gasteiger partial charge is 0.271 e. The van der Waals surface area contributed by atoms with Crippen molar-refractivity contribution >= 4 is 27.1 Å². The second-order valence-electron chi connectivity index (χ2n) is 9.21. The molecule has 0 saturated carbocycles. The molecule has 0 spiro atoms. The number of hydrogen-bond acceptors (Lipinski definition) is 7. The van der Waals surface area contributed by atoms with E-state index in [0.29, 0.717) is 24.7 Å². The minimum Gasteiger partial charge on any atom is -0.490 e. The number of ether oxygens (including phenoxy) is 2. The van der Waals surface area contributed by atoms with Crippen LogP contribution in [0.2, 0.25) is 0 Å². The molecule has 0 bridgehead atoms. The van der Waals surface area contributed by atoms with E-state index in [1.807, 2.05) is 32.0 Å². The highest BCUT2D eigenvalue weighted by Gasteiger charge is 2.38. The summed E-state index contributed by atoms with van der Waals surface area (Å²) in [6, 6.07) is 16.5. The van der Waals surface area contributed by atoms with Gasteiger partial charge in [0, 0.05) is 23.7 Å². The summed E-state index contributed by atoms with van der Waals surface area (Å²) in [5, 5.41) is 14.7. The molecule has 0 saturated heterocycles. The first-order valence-corrected chi connectivity index (χ1v) is 14.0. The lowest BCUT2D eigenvalue weighted by molar-refractivity contribution is -0.384. The van der Waals surface area contributed by atoms with E-state index in [1.54, 1.807) is 18.2 Å². The Bertz CT molecular complexity index is 1500. The lowest BCUT2D eigenvalue weighted by Gasteiger charge is -2.38. The van der Waals surface area contributed by atoms with Crippen LogP contribution >= 0.6 is 0 Å². The Balaban J connectivity index is 1.45. The van der Waals surface area contributed by atoms with Crippen LogP contribution in [0.4, 0.5) is 17.1 Å². The third-order valence-corrected chi connectivity index (χ3v) is 8.26. The third kappa shape index (κ3) is 4.91. The summed E-state index contributed by atoms with van der Waals surface area (Å²) in [6.45, 7) is 4.95. The predicted molar refractivity (Wildman–Crippen MR) is 145 cm³/mol. The molecule has 2 N–H and O–H groups in total. The fourth-order valence-electron chi connectivity index (χ4n) is 5.23. The van der Waals surface area contributed by atoms with Gasteiger partial charge < -0.3 is 14.8 Å². The van der Waals surface area contributed by atoms with E-state index in [-0.39, 0.29) is 34.1 Å². The number of benzene rings is 3. The third-order valence-electron chi connectivity index (χ3n) is 6.88. The van der Waals surface area contributed by atoms with Gasteiger partial charge in [0.1, 0.15) is 0 Å². The molecular weight excluding hydrogens is 506 g/mol. The molecule has 2 aliphatic rings. The van der Waals surface area contributed by atoms with Crippen molar-refractivity contribution in [2.45, 2.75) is 37.1 Å². The van der Waals surface area contributed by atoms with Crippen molar-refractivity contribution in [3.05, 3.63) is 94.1 Å². The molecule has 0 radical (unpaired) electrons. The van der Waals surface area contributed by atoms with Gasteiger partial charge in [0.05, 0.1) is 34.8 Å². The number of hydrogen-bond donors (Lipinski definition) is 2. The van der Waals surface area contributed by atoms with Gasteiger partial charge in [-0.3, -0.25) is 14.8 Å². The van der Waals surface area contributed by atoms with Crippen LogP contribution in [-0.4, -0.2) is 26.6 Å². The molecule has 3 aromatic carbocycles. The normalized spacial score (nSPS) is 19.7. The summed E-state index contributed by atoms with van der Waals surface area (Å²) in [7, 11) is -3.96. The van der Waals surface area contributed by atoms with Gasteiger partial charge >= 0.3 is 0 Å². The molecule has 1 aliphatic carbocycles. The molecule has 5 rings (SSSR count). The maximum absolute atomic E-state index is 13.2. The number of rotatable bonds is 9. The molecular formula is C28H29N3O6S. The molecule has 3 aromatic rings. The summed E-state index contributed by atoms with van der Waals surface area (Å²) in [5.41, 5.74) is 2.79. The number of allylic oxidation sites excluding steroid dienone is 2. The minimum atomic E-state index is -3.96. The van der Waals surface area contributed by atoms with Crippen LogP contribution in [0, 0.1) is 16.0 Å². The zero-order valence-electron chi connectivity index (χ0n) is 21.1. The summed E-state index contributed by atoms with van der Waals surface area (Å²) >= 11 is 0. The van der Waals surface area contributed by atoms with E-state index in [1.165, 1.54) is 24.3 Å². The van der Waals surface area contributed by atoms with Gasteiger partial charge in [-0.05, 0) is 73.7 Å². The topological polar surface area (TPSA) is 120 Å². The molecule has 1 aliphatic heterocycles. The van der Waals surface area contributed by atoms with E-state index in [0.717, 1.165) is 23.2 Å². The summed E-state index contributed by atoms with van der Waals surface area (Å²) < 4.78 is 40.4. The lowest BCUT2D eigenvalue weighted by atomic mass is 9.77. The first kappa shape index (κ1) is 25.6. The average Bonchev–Trinajstić information content (AvgIpc) is 3.39. The maximum atomic E-state index is 13.2. The molecule has 9 nitrogen and oxygen atoms in total. The van der Waals surface area contributed by atoms with Crippen molar-refractivity contribution in [2.24, 2.45) is 5.92 Å². The van der Waals surface area contributed by atoms with Gasteiger partial charge in [0.15, 0.2) is 11.5 Å². The Morgan fingerprint density at radius 3 is 2.58 bits per heavy atom. The van der Waals surface area contributed by atoms with Crippen molar-refractivity contribution in [3.8, 4) is 11.5 Å². The van der Waals surface area contributed by atoms with Crippen molar-refractivity contribution in [3.63, 3.8) is 0 Å². The quantitative estimate of drug-likeness (QED) is 0.195. The van der Waals surface area contributed by atoms with Gasteiger partial charge in [-0.2, -0.15) is 0 Å². The Kier molecular flexibility index (Phi) is 6.98. The first-order valence-electron chi connectivity index (χ1n) is 12.5. The zero-order chi connectivity index (χ0) is 26.9. The number of anilines is 2. The average molecular weight is 536 g/mol. The van der Waals surface area contributed by atoms with Gasteiger partial charge in [-0.25, -0.2) is 8.42 Å². The Hall–Kier alpha value is -4.05. The monoisotopic (exact) mass is 535 g/mol. The van der Waals surface area contributed by atoms with Crippen molar-refractivity contribution < 1.29 is 22.8 Å². The van der Waals surface area contributed by atoms with Gasteiger partial charge in [0.25, 0.3) is 15.7 Å². The molecule has 3 atom stereocenters. The molecule has 0 aromatic heterocycles. The minimum absolute atomic E-state index is 0.00262. The maximum Gasteiger partial charge on any atom is 0.271 e. The van der Waals surface area contributed by atoms with Crippen LogP contribution in [-0.2, 0) is 10.0 Å². The Morgan fingerprint density at radius 1 is 1.03 bits per heavy atom. The van der Waals surface area contributed by atoms with E-state index in [4.69, 9.17) is 9.47 Å². The first-order chi connectivity index (χ1) is 18.3. The highest BCUT2D eigenvalue weighted by Crippen LogP contribution is 2.51. The summed E-state index contributed by atoms with van der Waals surface area (Å²) in [5.74, 6) is 1.64. The number of sulfonamides is 1. The van der Waals surface area contributed by atoms with E-state index in [2.05, 4.69) is 22.2 Å². The molecule has 10 heteroatoms. The number of non-ortho nitro benzene ring substituents is 1. The molecule has 0 amide bonds.